The number of aryl methyl sites for hydroxylation is 1. The standard InChI is InChI=1S/C14H13N3S/c1-17-13-8-10(9-18)2-3-12(13)16-14(17)11-4-6-15-7-5-11/h2-8,18H,9H2,1H3. The molecule has 3 nitrogen and oxygen atoms in total. The lowest BCUT2D eigenvalue weighted by Crippen LogP contribution is -1.92. The van der Waals surface area contributed by atoms with E-state index in [0.29, 0.717) is 0 Å². The quantitative estimate of drug-likeness (QED) is 0.713. The van der Waals surface area contributed by atoms with Crippen molar-refractivity contribution in [2.45, 2.75) is 5.75 Å². The fourth-order valence-corrected chi connectivity index (χ4v) is 2.29. The van der Waals surface area contributed by atoms with Crippen LogP contribution in [-0.2, 0) is 12.8 Å². The molecule has 4 heteroatoms. The molecule has 0 spiro atoms. The zero-order chi connectivity index (χ0) is 12.5. The highest BCUT2D eigenvalue weighted by Gasteiger charge is 2.09. The number of rotatable bonds is 2. The summed E-state index contributed by atoms with van der Waals surface area (Å²) in [6, 6.07) is 10.2. The number of imidazole rings is 1. The first-order chi connectivity index (χ1) is 8.79. The smallest absolute Gasteiger partial charge is 0.140 e. The number of aromatic nitrogens is 3. The molecule has 18 heavy (non-hydrogen) atoms. The van der Waals surface area contributed by atoms with Crippen molar-refractivity contribution in [2.75, 3.05) is 0 Å². The first-order valence-electron chi connectivity index (χ1n) is 5.76. The molecule has 0 fully saturated rings. The van der Waals surface area contributed by atoms with Crippen LogP contribution in [0, 0.1) is 0 Å². The summed E-state index contributed by atoms with van der Waals surface area (Å²) in [6.45, 7) is 0. The van der Waals surface area contributed by atoms with Crippen LogP contribution in [0.3, 0.4) is 0 Å². The minimum Gasteiger partial charge on any atom is -0.327 e. The second kappa shape index (κ2) is 4.46. The van der Waals surface area contributed by atoms with E-state index in [2.05, 4.69) is 39.3 Å². The van der Waals surface area contributed by atoms with Gasteiger partial charge in [-0.2, -0.15) is 12.6 Å². The predicted octanol–water partition coefficient (Wildman–Crippen LogP) is 3.07. The Bertz CT molecular complexity index is 689. The van der Waals surface area contributed by atoms with E-state index in [1.54, 1.807) is 12.4 Å². The highest BCUT2D eigenvalue weighted by atomic mass is 32.1. The fourth-order valence-electron chi connectivity index (χ4n) is 2.09. The monoisotopic (exact) mass is 255 g/mol. The molecule has 3 rings (SSSR count). The van der Waals surface area contributed by atoms with Crippen molar-refractivity contribution in [2.24, 2.45) is 7.05 Å². The van der Waals surface area contributed by atoms with Crippen LogP contribution in [-0.4, -0.2) is 14.5 Å². The van der Waals surface area contributed by atoms with Crippen LogP contribution < -0.4 is 0 Å². The van der Waals surface area contributed by atoms with Crippen molar-refractivity contribution in [3.63, 3.8) is 0 Å². The summed E-state index contributed by atoms with van der Waals surface area (Å²) in [5.41, 5.74) is 4.43. The van der Waals surface area contributed by atoms with Gasteiger partial charge >= 0.3 is 0 Å². The lowest BCUT2D eigenvalue weighted by molar-refractivity contribution is 0.958. The van der Waals surface area contributed by atoms with Crippen molar-refractivity contribution in [1.29, 1.82) is 0 Å². The van der Waals surface area contributed by atoms with Crippen LogP contribution in [0.1, 0.15) is 5.56 Å². The Hall–Kier alpha value is -1.81. The topological polar surface area (TPSA) is 30.7 Å². The Morgan fingerprint density at radius 1 is 1.17 bits per heavy atom. The minimum absolute atomic E-state index is 0.742. The second-order valence-corrected chi connectivity index (χ2v) is 4.53. The van der Waals surface area contributed by atoms with Crippen LogP contribution in [0.4, 0.5) is 0 Å². The summed E-state index contributed by atoms with van der Waals surface area (Å²) >= 11 is 4.31. The molecular weight excluding hydrogens is 242 g/mol. The fraction of sp³-hybridized carbons (Fsp3) is 0.143. The molecule has 0 N–H and O–H groups in total. The van der Waals surface area contributed by atoms with Gasteiger partial charge in [0, 0.05) is 30.8 Å². The molecule has 0 saturated carbocycles. The molecule has 0 amide bonds. The third-order valence-electron chi connectivity index (χ3n) is 3.07. The highest BCUT2D eigenvalue weighted by molar-refractivity contribution is 7.79. The molecule has 0 aliphatic rings. The van der Waals surface area contributed by atoms with Gasteiger partial charge in [0.05, 0.1) is 11.0 Å². The number of thiol groups is 1. The van der Waals surface area contributed by atoms with Crippen molar-refractivity contribution >= 4 is 23.7 Å². The number of pyridine rings is 1. The van der Waals surface area contributed by atoms with Gasteiger partial charge in [-0.15, -0.1) is 0 Å². The molecule has 3 aromatic rings. The molecule has 0 saturated heterocycles. The summed E-state index contributed by atoms with van der Waals surface area (Å²) in [6.07, 6.45) is 3.57. The molecule has 0 bridgehead atoms. The highest BCUT2D eigenvalue weighted by Crippen LogP contribution is 2.24. The maximum Gasteiger partial charge on any atom is 0.140 e. The SMILES string of the molecule is Cn1c(-c2ccncc2)nc2ccc(CS)cc21. The Kier molecular flexibility index (Phi) is 2.80. The molecule has 0 unspecified atom stereocenters. The number of benzene rings is 1. The number of nitrogens with zero attached hydrogens (tertiary/aromatic N) is 3. The molecule has 2 aromatic heterocycles. The van der Waals surface area contributed by atoms with Gasteiger partial charge in [-0.1, -0.05) is 6.07 Å². The van der Waals surface area contributed by atoms with E-state index in [1.807, 2.05) is 25.2 Å². The van der Waals surface area contributed by atoms with Crippen LogP contribution >= 0.6 is 12.6 Å². The van der Waals surface area contributed by atoms with Gasteiger partial charge < -0.3 is 4.57 Å². The first-order valence-corrected chi connectivity index (χ1v) is 6.39. The van der Waals surface area contributed by atoms with Gasteiger partial charge in [0.25, 0.3) is 0 Å². The Labute approximate surface area is 111 Å². The van der Waals surface area contributed by atoms with Gasteiger partial charge in [0.1, 0.15) is 5.82 Å². The summed E-state index contributed by atoms with van der Waals surface area (Å²) in [5.74, 6) is 1.70. The van der Waals surface area contributed by atoms with E-state index < -0.39 is 0 Å². The summed E-state index contributed by atoms with van der Waals surface area (Å²) < 4.78 is 2.11. The average molecular weight is 255 g/mol. The van der Waals surface area contributed by atoms with Crippen molar-refractivity contribution in [3.8, 4) is 11.4 Å². The molecule has 90 valence electrons. The van der Waals surface area contributed by atoms with Crippen LogP contribution in [0.5, 0.6) is 0 Å². The van der Waals surface area contributed by atoms with Gasteiger partial charge in [0.2, 0.25) is 0 Å². The van der Waals surface area contributed by atoms with E-state index in [-0.39, 0.29) is 0 Å². The van der Waals surface area contributed by atoms with Crippen LogP contribution in [0.15, 0.2) is 42.7 Å². The molecule has 0 aliphatic carbocycles. The summed E-state index contributed by atoms with van der Waals surface area (Å²) in [7, 11) is 2.04. The van der Waals surface area contributed by atoms with E-state index in [4.69, 9.17) is 0 Å². The van der Waals surface area contributed by atoms with Gasteiger partial charge in [0.15, 0.2) is 0 Å². The van der Waals surface area contributed by atoms with Gasteiger partial charge in [-0.25, -0.2) is 4.98 Å². The first kappa shape index (κ1) is 11.3. The lowest BCUT2D eigenvalue weighted by atomic mass is 10.2. The predicted molar refractivity (Wildman–Crippen MR) is 76.6 cm³/mol. The Balaban J connectivity index is 2.23. The zero-order valence-electron chi connectivity index (χ0n) is 10.0. The molecule has 0 aliphatic heterocycles. The van der Waals surface area contributed by atoms with Crippen molar-refractivity contribution < 1.29 is 0 Å². The molecule has 1 aromatic carbocycles. The second-order valence-electron chi connectivity index (χ2n) is 4.21. The summed E-state index contributed by atoms with van der Waals surface area (Å²) in [4.78, 5) is 8.70. The Morgan fingerprint density at radius 2 is 1.94 bits per heavy atom. The van der Waals surface area contributed by atoms with E-state index >= 15 is 0 Å². The third kappa shape index (κ3) is 1.78. The van der Waals surface area contributed by atoms with E-state index in [9.17, 15) is 0 Å². The zero-order valence-corrected chi connectivity index (χ0v) is 10.9. The molecule has 0 radical (unpaired) electrons. The van der Waals surface area contributed by atoms with Crippen molar-refractivity contribution in [3.05, 3.63) is 48.3 Å². The molecule has 2 heterocycles. The molecule has 0 atom stereocenters. The third-order valence-corrected chi connectivity index (χ3v) is 3.43. The minimum atomic E-state index is 0.742. The Morgan fingerprint density at radius 3 is 2.67 bits per heavy atom. The summed E-state index contributed by atoms with van der Waals surface area (Å²) in [5, 5.41) is 0. The van der Waals surface area contributed by atoms with Crippen LogP contribution in [0.25, 0.3) is 22.4 Å². The van der Waals surface area contributed by atoms with E-state index in [1.165, 1.54) is 5.56 Å². The number of hydrogen-bond acceptors (Lipinski definition) is 3. The maximum absolute atomic E-state index is 4.67. The van der Waals surface area contributed by atoms with Crippen molar-refractivity contribution in [1.82, 2.24) is 14.5 Å². The number of hydrogen-bond donors (Lipinski definition) is 1. The van der Waals surface area contributed by atoms with Gasteiger partial charge in [-0.05, 0) is 29.8 Å². The lowest BCUT2D eigenvalue weighted by Gasteiger charge is -2.02. The normalized spacial score (nSPS) is 11.0. The molecular formula is C14H13N3S. The van der Waals surface area contributed by atoms with Crippen LogP contribution in [0.2, 0.25) is 0 Å². The largest absolute Gasteiger partial charge is 0.327 e. The average Bonchev–Trinajstić information content (AvgIpc) is 2.77. The van der Waals surface area contributed by atoms with Gasteiger partial charge in [-0.3, -0.25) is 4.98 Å². The number of fused-ring (bicyclic) bond motifs is 1. The maximum atomic E-state index is 4.67. The van der Waals surface area contributed by atoms with E-state index in [0.717, 1.165) is 28.2 Å².